The van der Waals surface area contributed by atoms with Crippen LogP contribution in [0.4, 0.5) is 0 Å². The monoisotopic (exact) mass is 405 g/mol. The van der Waals surface area contributed by atoms with E-state index in [0.29, 0.717) is 22.6 Å². The number of pyridine rings is 1. The summed E-state index contributed by atoms with van der Waals surface area (Å²) in [5.74, 6) is -0.358. The number of aromatic nitrogens is 1. The molecule has 0 aliphatic carbocycles. The Balaban J connectivity index is 1.64. The van der Waals surface area contributed by atoms with Crippen LogP contribution in [0.25, 0.3) is 0 Å². The minimum absolute atomic E-state index is 0.187. The van der Waals surface area contributed by atoms with Crippen molar-refractivity contribution in [1.82, 2.24) is 10.4 Å². The number of benzene rings is 2. The summed E-state index contributed by atoms with van der Waals surface area (Å²) in [7, 11) is 1.51. The van der Waals surface area contributed by atoms with Gasteiger partial charge < -0.3 is 14.6 Å². The fourth-order valence-electron chi connectivity index (χ4n) is 2.57. The molecular formula is C22H19N3O5. The number of carboxylic acids is 1. The van der Waals surface area contributed by atoms with Crippen molar-refractivity contribution in [1.29, 1.82) is 0 Å². The number of aromatic carboxylic acids is 1. The van der Waals surface area contributed by atoms with Crippen LogP contribution in [-0.4, -0.2) is 35.3 Å². The standard InChI is InChI=1S/C22H19N3O5/c1-29-20-12-15(13-24-25-21(26)17-7-9-23-10-8-17)5-6-19(20)30-14-16-3-2-4-18(11-16)22(27)28/h2-13H,14H2,1H3,(H,25,26)(H,27,28)/b24-13-. The van der Waals surface area contributed by atoms with E-state index in [2.05, 4.69) is 15.5 Å². The van der Waals surface area contributed by atoms with Crippen molar-refractivity contribution < 1.29 is 24.2 Å². The third-order valence-electron chi connectivity index (χ3n) is 4.08. The van der Waals surface area contributed by atoms with Gasteiger partial charge in [0.2, 0.25) is 0 Å². The van der Waals surface area contributed by atoms with E-state index < -0.39 is 5.97 Å². The Labute approximate surface area is 172 Å². The predicted molar refractivity (Wildman–Crippen MR) is 110 cm³/mol. The van der Waals surface area contributed by atoms with E-state index in [4.69, 9.17) is 14.6 Å². The zero-order valence-electron chi connectivity index (χ0n) is 16.1. The Morgan fingerprint density at radius 3 is 2.60 bits per heavy atom. The second kappa shape index (κ2) is 9.83. The summed E-state index contributed by atoms with van der Waals surface area (Å²) in [6.45, 7) is 0.187. The van der Waals surface area contributed by atoms with Gasteiger partial charge in [-0.2, -0.15) is 5.10 Å². The second-order valence-electron chi connectivity index (χ2n) is 6.14. The zero-order chi connectivity index (χ0) is 21.3. The Morgan fingerprint density at radius 2 is 1.87 bits per heavy atom. The summed E-state index contributed by atoms with van der Waals surface area (Å²) in [5, 5.41) is 13.0. The minimum atomic E-state index is -0.992. The highest BCUT2D eigenvalue weighted by Gasteiger charge is 2.08. The normalized spacial score (nSPS) is 10.6. The molecule has 0 fully saturated rings. The molecule has 0 bridgehead atoms. The lowest BCUT2D eigenvalue weighted by molar-refractivity contribution is 0.0696. The highest BCUT2D eigenvalue weighted by atomic mass is 16.5. The molecule has 3 rings (SSSR count). The molecule has 2 N–H and O–H groups in total. The van der Waals surface area contributed by atoms with Crippen molar-refractivity contribution in [2.24, 2.45) is 5.10 Å². The number of ether oxygens (including phenoxy) is 2. The molecule has 152 valence electrons. The number of amides is 1. The van der Waals surface area contributed by atoms with Crippen LogP contribution in [-0.2, 0) is 6.61 Å². The molecule has 0 spiro atoms. The van der Waals surface area contributed by atoms with Crippen molar-refractivity contribution in [2.75, 3.05) is 7.11 Å². The van der Waals surface area contributed by atoms with Crippen molar-refractivity contribution in [2.45, 2.75) is 6.61 Å². The van der Waals surface area contributed by atoms with Gasteiger partial charge in [0, 0.05) is 18.0 Å². The van der Waals surface area contributed by atoms with Crippen LogP contribution in [0, 0.1) is 0 Å². The van der Waals surface area contributed by atoms with Crippen molar-refractivity contribution >= 4 is 18.1 Å². The average Bonchev–Trinajstić information content (AvgIpc) is 2.78. The number of carbonyl (C=O) groups is 2. The molecule has 0 saturated carbocycles. The van der Waals surface area contributed by atoms with E-state index in [1.165, 1.54) is 31.8 Å². The Hall–Kier alpha value is -4.20. The van der Waals surface area contributed by atoms with Crippen LogP contribution in [0.3, 0.4) is 0 Å². The number of hydrogen-bond donors (Lipinski definition) is 2. The number of hydrogen-bond acceptors (Lipinski definition) is 6. The fourth-order valence-corrected chi connectivity index (χ4v) is 2.57. The SMILES string of the molecule is COc1cc(/C=N\NC(=O)c2ccncc2)ccc1OCc1cccc(C(=O)O)c1. The van der Waals surface area contributed by atoms with Crippen LogP contribution >= 0.6 is 0 Å². The Bertz CT molecular complexity index is 1070. The van der Waals surface area contributed by atoms with Crippen LogP contribution in [0.15, 0.2) is 72.1 Å². The number of hydrazone groups is 1. The summed E-state index contributed by atoms with van der Waals surface area (Å²) >= 11 is 0. The molecule has 0 aliphatic rings. The number of nitrogens with zero attached hydrogens (tertiary/aromatic N) is 2. The largest absolute Gasteiger partial charge is 0.493 e. The van der Waals surface area contributed by atoms with Gasteiger partial charge in [-0.3, -0.25) is 9.78 Å². The van der Waals surface area contributed by atoms with Crippen molar-refractivity contribution in [3.63, 3.8) is 0 Å². The number of carboxylic acid groups (broad SMARTS) is 1. The van der Waals surface area contributed by atoms with Gasteiger partial charge in [0.25, 0.3) is 5.91 Å². The van der Waals surface area contributed by atoms with Gasteiger partial charge in [-0.25, -0.2) is 10.2 Å². The number of methoxy groups -OCH3 is 1. The maximum atomic E-state index is 12.0. The Kier molecular flexibility index (Phi) is 6.73. The molecule has 30 heavy (non-hydrogen) atoms. The summed E-state index contributed by atoms with van der Waals surface area (Å²) in [5.41, 5.74) is 4.51. The molecular weight excluding hydrogens is 386 g/mol. The molecule has 1 aromatic heterocycles. The number of carbonyl (C=O) groups excluding carboxylic acids is 1. The van der Waals surface area contributed by atoms with Gasteiger partial charge in [-0.15, -0.1) is 0 Å². The topological polar surface area (TPSA) is 110 Å². The first-order chi connectivity index (χ1) is 14.6. The molecule has 8 heteroatoms. The quantitative estimate of drug-likeness (QED) is 0.440. The lowest BCUT2D eigenvalue weighted by Crippen LogP contribution is -2.17. The lowest BCUT2D eigenvalue weighted by atomic mass is 10.1. The van der Waals surface area contributed by atoms with Crippen molar-refractivity contribution in [3.05, 3.63) is 89.2 Å². The third kappa shape index (κ3) is 5.41. The van der Waals surface area contributed by atoms with Crippen molar-refractivity contribution in [3.8, 4) is 11.5 Å². The first-order valence-electron chi connectivity index (χ1n) is 8.93. The van der Waals surface area contributed by atoms with Crippen LogP contribution < -0.4 is 14.9 Å². The first-order valence-corrected chi connectivity index (χ1v) is 8.93. The molecule has 0 unspecified atom stereocenters. The van der Waals surface area contributed by atoms with Gasteiger partial charge in [0.1, 0.15) is 6.61 Å². The highest BCUT2D eigenvalue weighted by molar-refractivity contribution is 5.94. The average molecular weight is 405 g/mol. The molecule has 1 heterocycles. The van der Waals surface area contributed by atoms with E-state index in [1.54, 1.807) is 48.5 Å². The molecule has 2 aromatic carbocycles. The molecule has 0 radical (unpaired) electrons. The molecule has 3 aromatic rings. The zero-order valence-corrected chi connectivity index (χ0v) is 16.1. The summed E-state index contributed by atoms with van der Waals surface area (Å²) in [4.78, 5) is 26.9. The second-order valence-corrected chi connectivity index (χ2v) is 6.14. The van der Waals surface area contributed by atoms with Gasteiger partial charge >= 0.3 is 5.97 Å². The lowest BCUT2D eigenvalue weighted by Gasteiger charge is -2.11. The van der Waals surface area contributed by atoms with E-state index >= 15 is 0 Å². The molecule has 0 atom stereocenters. The van der Waals surface area contributed by atoms with E-state index in [-0.39, 0.29) is 18.1 Å². The Morgan fingerprint density at radius 1 is 1.07 bits per heavy atom. The van der Waals surface area contributed by atoms with Crippen LogP contribution in [0.2, 0.25) is 0 Å². The molecule has 8 nitrogen and oxygen atoms in total. The third-order valence-corrected chi connectivity index (χ3v) is 4.08. The summed E-state index contributed by atoms with van der Waals surface area (Å²) < 4.78 is 11.1. The smallest absolute Gasteiger partial charge is 0.335 e. The summed E-state index contributed by atoms with van der Waals surface area (Å²) in [6, 6.07) is 14.9. The highest BCUT2D eigenvalue weighted by Crippen LogP contribution is 2.28. The maximum Gasteiger partial charge on any atom is 0.335 e. The number of rotatable bonds is 8. The first kappa shape index (κ1) is 20.5. The minimum Gasteiger partial charge on any atom is -0.493 e. The fraction of sp³-hybridized carbons (Fsp3) is 0.0909. The van der Waals surface area contributed by atoms with E-state index in [0.717, 1.165) is 5.56 Å². The van der Waals surface area contributed by atoms with Gasteiger partial charge in [0.15, 0.2) is 11.5 Å². The molecule has 0 aliphatic heterocycles. The molecule has 1 amide bonds. The number of nitrogens with one attached hydrogen (secondary N) is 1. The van der Waals surface area contributed by atoms with Gasteiger partial charge in [-0.1, -0.05) is 12.1 Å². The van der Waals surface area contributed by atoms with Crippen LogP contribution in [0.5, 0.6) is 11.5 Å². The van der Waals surface area contributed by atoms with E-state index in [9.17, 15) is 9.59 Å². The van der Waals surface area contributed by atoms with Gasteiger partial charge in [-0.05, 0) is 53.6 Å². The predicted octanol–water partition coefficient (Wildman–Crippen LogP) is 3.13. The molecule has 0 saturated heterocycles. The summed E-state index contributed by atoms with van der Waals surface area (Å²) in [6.07, 6.45) is 4.54. The van der Waals surface area contributed by atoms with Crippen LogP contribution in [0.1, 0.15) is 31.8 Å². The van der Waals surface area contributed by atoms with E-state index in [1.807, 2.05) is 0 Å². The van der Waals surface area contributed by atoms with Gasteiger partial charge in [0.05, 0.1) is 18.9 Å². The maximum absolute atomic E-state index is 12.0.